The fourth-order valence-corrected chi connectivity index (χ4v) is 2.92. The summed E-state index contributed by atoms with van der Waals surface area (Å²) in [5.74, 6) is -9.32. The van der Waals surface area contributed by atoms with E-state index in [4.69, 9.17) is 0 Å². The number of benzene rings is 3. The van der Waals surface area contributed by atoms with E-state index in [1.165, 1.54) is 24.3 Å². The molecule has 3 aromatic carbocycles. The molecule has 6 heteroatoms. The zero-order chi connectivity index (χ0) is 21.1. The first-order chi connectivity index (χ1) is 13.8. The Morgan fingerprint density at radius 2 is 1.38 bits per heavy atom. The van der Waals surface area contributed by atoms with Gasteiger partial charge in [0.25, 0.3) is 0 Å². The molecule has 150 valence electrons. The van der Waals surface area contributed by atoms with Crippen molar-refractivity contribution < 1.29 is 27.1 Å². The van der Waals surface area contributed by atoms with Gasteiger partial charge in [0.1, 0.15) is 0 Å². The van der Waals surface area contributed by atoms with Crippen LogP contribution in [0, 0.1) is 30.2 Å². The highest BCUT2D eigenvalue weighted by molar-refractivity contribution is 5.91. The van der Waals surface area contributed by atoms with Gasteiger partial charge < -0.3 is 4.74 Å². The third kappa shape index (κ3) is 4.16. The van der Waals surface area contributed by atoms with Gasteiger partial charge in [0.05, 0.1) is 11.1 Å². The van der Waals surface area contributed by atoms with Gasteiger partial charge in [-0.15, -0.1) is 0 Å². The largest absolute Gasteiger partial charge is 0.416 e. The summed E-state index contributed by atoms with van der Waals surface area (Å²) in [5, 5.41) is 0. The molecule has 0 amide bonds. The molecule has 0 N–H and O–H groups in total. The van der Waals surface area contributed by atoms with Crippen molar-refractivity contribution in [1.29, 1.82) is 0 Å². The van der Waals surface area contributed by atoms with E-state index in [-0.39, 0.29) is 11.1 Å². The van der Waals surface area contributed by atoms with Crippen LogP contribution in [-0.4, -0.2) is 5.97 Å². The van der Waals surface area contributed by atoms with Crippen molar-refractivity contribution in [3.63, 3.8) is 0 Å². The third-order valence-electron chi connectivity index (χ3n) is 4.49. The molecule has 0 saturated heterocycles. The second kappa shape index (κ2) is 8.47. The molecule has 0 heterocycles. The summed E-state index contributed by atoms with van der Waals surface area (Å²) in [5.41, 5.74) is 0.907. The Kier molecular flexibility index (Phi) is 6.01. The van der Waals surface area contributed by atoms with Crippen LogP contribution in [0.5, 0.6) is 5.75 Å². The molecule has 0 bridgehead atoms. The lowest BCUT2D eigenvalue weighted by Crippen LogP contribution is -2.13. The van der Waals surface area contributed by atoms with Gasteiger partial charge in [-0.2, -0.15) is 8.78 Å². The van der Waals surface area contributed by atoms with Crippen molar-refractivity contribution >= 4 is 5.97 Å². The molecule has 0 spiro atoms. The molecule has 2 nitrogen and oxygen atoms in total. The van der Waals surface area contributed by atoms with Crippen molar-refractivity contribution in [1.82, 2.24) is 0 Å². The Balaban J connectivity index is 1.99. The minimum absolute atomic E-state index is 0.00851. The van der Waals surface area contributed by atoms with Crippen LogP contribution in [0.1, 0.15) is 34.8 Å². The number of esters is 1. The van der Waals surface area contributed by atoms with Gasteiger partial charge in [-0.05, 0) is 36.6 Å². The molecule has 0 saturated carbocycles. The second-order valence-electron chi connectivity index (χ2n) is 6.66. The van der Waals surface area contributed by atoms with Crippen molar-refractivity contribution in [2.75, 3.05) is 0 Å². The smallest absolute Gasteiger partial charge is 0.343 e. The van der Waals surface area contributed by atoms with Gasteiger partial charge in [0, 0.05) is 0 Å². The van der Waals surface area contributed by atoms with Crippen LogP contribution >= 0.6 is 0 Å². The molecule has 0 radical (unpaired) electrons. The Hall–Kier alpha value is -3.15. The monoisotopic (exact) mass is 402 g/mol. The number of carbonyl (C=O) groups excluding carboxylic acids is 1. The summed E-state index contributed by atoms with van der Waals surface area (Å²) in [7, 11) is 0. The van der Waals surface area contributed by atoms with Gasteiger partial charge in [-0.1, -0.05) is 55.3 Å². The van der Waals surface area contributed by atoms with Crippen LogP contribution in [-0.2, 0) is 6.42 Å². The zero-order valence-corrected chi connectivity index (χ0v) is 15.9. The first-order valence-corrected chi connectivity index (χ1v) is 9.07. The Bertz CT molecular complexity index is 1010. The third-order valence-corrected chi connectivity index (χ3v) is 4.49. The highest BCUT2D eigenvalue weighted by Crippen LogP contribution is 2.36. The normalized spacial score (nSPS) is 10.8. The van der Waals surface area contributed by atoms with E-state index in [9.17, 15) is 22.4 Å². The minimum atomic E-state index is -1.77. The Labute approximate surface area is 165 Å². The number of hydrogen-bond acceptors (Lipinski definition) is 2. The summed E-state index contributed by atoms with van der Waals surface area (Å²) in [4.78, 5) is 12.1. The fraction of sp³-hybridized carbons (Fsp3) is 0.174. The van der Waals surface area contributed by atoms with E-state index in [1.807, 2.05) is 6.92 Å². The molecular weight excluding hydrogens is 384 g/mol. The van der Waals surface area contributed by atoms with Crippen LogP contribution in [0.15, 0.2) is 48.5 Å². The number of carbonyl (C=O) groups is 1. The van der Waals surface area contributed by atoms with Crippen molar-refractivity contribution in [3.8, 4) is 16.9 Å². The van der Waals surface area contributed by atoms with E-state index in [2.05, 4.69) is 4.74 Å². The van der Waals surface area contributed by atoms with Crippen LogP contribution in [0.3, 0.4) is 0 Å². The molecule has 3 rings (SSSR count). The molecule has 0 aliphatic carbocycles. The maximum atomic E-state index is 14.6. The van der Waals surface area contributed by atoms with Crippen LogP contribution in [0.25, 0.3) is 11.1 Å². The molecule has 0 aliphatic rings. The zero-order valence-electron chi connectivity index (χ0n) is 15.9. The fourth-order valence-electron chi connectivity index (χ4n) is 2.92. The maximum Gasteiger partial charge on any atom is 0.343 e. The summed E-state index contributed by atoms with van der Waals surface area (Å²) in [6.07, 6.45) is 1.65. The number of ether oxygens (including phenoxy) is 1. The highest BCUT2D eigenvalue weighted by atomic mass is 19.2. The predicted octanol–water partition coefficient (Wildman–Crippen LogP) is 6.39. The standard InChI is InChI=1S/C23H18F4O2/c1-3-4-14-7-11-15(12-8-14)17-18(24)20(26)22(21(27)19(17)25)29-23(28)16-9-5-13(2)6-10-16/h5-12H,3-4H2,1-2H3. The molecule has 0 aliphatic heterocycles. The SMILES string of the molecule is CCCc1ccc(-c2c(F)c(F)c(OC(=O)c3ccc(C)cc3)c(F)c2F)cc1. The van der Waals surface area contributed by atoms with Crippen LogP contribution in [0.2, 0.25) is 0 Å². The molecule has 29 heavy (non-hydrogen) atoms. The summed E-state index contributed by atoms with van der Waals surface area (Å²) < 4.78 is 62.7. The van der Waals surface area contributed by atoms with E-state index in [0.29, 0.717) is 0 Å². The van der Waals surface area contributed by atoms with E-state index >= 15 is 0 Å². The van der Waals surface area contributed by atoms with Gasteiger partial charge in [-0.3, -0.25) is 0 Å². The van der Waals surface area contributed by atoms with E-state index in [1.54, 1.807) is 31.2 Å². The molecule has 0 fully saturated rings. The molecule has 3 aromatic rings. The minimum Gasteiger partial charge on any atom is -0.416 e. The van der Waals surface area contributed by atoms with Crippen molar-refractivity contribution in [2.24, 2.45) is 0 Å². The average Bonchev–Trinajstić information content (AvgIpc) is 2.72. The van der Waals surface area contributed by atoms with E-state index in [0.717, 1.165) is 24.0 Å². The Morgan fingerprint density at radius 3 is 1.90 bits per heavy atom. The first-order valence-electron chi connectivity index (χ1n) is 9.07. The van der Waals surface area contributed by atoms with Crippen molar-refractivity contribution in [2.45, 2.75) is 26.7 Å². The second-order valence-corrected chi connectivity index (χ2v) is 6.66. The Morgan fingerprint density at radius 1 is 0.828 bits per heavy atom. The molecule has 0 atom stereocenters. The van der Waals surface area contributed by atoms with Gasteiger partial charge in [0.2, 0.25) is 17.4 Å². The van der Waals surface area contributed by atoms with Crippen LogP contribution in [0.4, 0.5) is 17.6 Å². The molecule has 0 unspecified atom stereocenters. The quantitative estimate of drug-likeness (QED) is 0.214. The topological polar surface area (TPSA) is 26.3 Å². The van der Waals surface area contributed by atoms with Crippen molar-refractivity contribution in [3.05, 3.63) is 88.5 Å². The number of hydrogen-bond donors (Lipinski definition) is 0. The summed E-state index contributed by atoms with van der Waals surface area (Å²) in [6.45, 7) is 3.77. The van der Waals surface area contributed by atoms with Gasteiger partial charge in [-0.25, -0.2) is 13.6 Å². The van der Waals surface area contributed by atoms with Crippen LogP contribution < -0.4 is 4.74 Å². The predicted molar refractivity (Wildman–Crippen MR) is 102 cm³/mol. The molecule has 0 aromatic heterocycles. The summed E-state index contributed by atoms with van der Waals surface area (Å²) >= 11 is 0. The summed E-state index contributed by atoms with van der Waals surface area (Å²) in [6, 6.07) is 12.0. The lowest BCUT2D eigenvalue weighted by Gasteiger charge is -2.13. The first kappa shape index (κ1) is 20.6. The molecular formula is C23H18F4O2. The lowest BCUT2D eigenvalue weighted by molar-refractivity contribution is 0.0717. The number of halogens is 4. The van der Waals surface area contributed by atoms with E-state index < -0.39 is 40.6 Å². The van der Waals surface area contributed by atoms with Gasteiger partial charge >= 0.3 is 5.97 Å². The average molecular weight is 402 g/mol. The number of aryl methyl sites for hydroxylation is 2. The van der Waals surface area contributed by atoms with Gasteiger partial charge in [0.15, 0.2) is 11.6 Å². The lowest BCUT2D eigenvalue weighted by atomic mass is 10.0. The highest BCUT2D eigenvalue weighted by Gasteiger charge is 2.29. The maximum absolute atomic E-state index is 14.6. The number of rotatable bonds is 5.